The number of hydrogen-bond donors (Lipinski definition) is 2. The Labute approximate surface area is 97.4 Å². The summed E-state index contributed by atoms with van der Waals surface area (Å²) in [7, 11) is 3.17. The first-order valence-corrected chi connectivity index (χ1v) is 4.12. The number of nitrogen functional groups attached to an aromatic ring is 1. The molecule has 0 spiro atoms. The third-order valence-corrected chi connectivity index (χ3v) is 2.01. The van der Waals surface area contributed by atoms with Gasteiger partial charge in [-0.3, -0.25) is 0 Å². The van der Waals surface area contributed by atoms with Crippen LogP contribution in [0.15, 0.2) is 12.1 Å². The van der Waals surface area contributed by atoms with Gasteiger partial charge in [-0.2, -0.15) is 0 Å². The summed E-state index contributed by atoms with van der Waals surface area (Å²) >= 11 is 0. The number of ether oxygens (including phenoxy) is 2. The van der Waals surface area contributed by atoms with E-state index < -0.39 is 0 Å². The Balaban J connectivity index is 0.00000112. The van der Waals surface area contributed by atoms with Gasteiger partial charge in [0.1, 0.15) is 0 Å². The molecule has 1 aromatic heterocycles. The zero-order valence-electron chi connectivity index (χ0n) is 8.40. The standard InChI is InChI=1S/C9H11N3O2.BrH/c1-13-7-3-5-6(4-8(7)14-2)12-9(10)11-5;/h3-4H,1-2H3,(H3,10,11,12);1H. The maximum atomic E-state index is 5.53. The van der Waals surface area contributed by atoms with E-state index in [4.69, 9.17) is 15.2 Å². The van der Waals surface area contributed by atoms with Crippen molar-refractivity contribution < 1.29 is 9.47 Å². The molecule has 3 N–H and O–H groups in total. The maximum absolute atomic E-state index is 5.53. The van der Waals surface area contributed by atoms with Crippen molar-refractivity contribution in [3.8, 4) is 11.5 Å². The van der Waals surface area contributed by atoms with Crippen LogP contribution in [0.3, 0.4) is 0 Å². The third-order valence-electron chi connectivity index (χ3n) is 2.01. The molecular weight excluding hydrogens is 262 g/mol. The first-order valence-electron chi connectivity index (χ1n) is 4.12. The van der Waals surface area contributed by atoms with E-state index >= 15 is 0 Å². The van der Waals surface area contributed by atoms with Crippen molar-refractivity contribution >= 4 is 34.0 Å². The summed E-state index contributed by atoms with van der Waals surface area (Å²) < 4.78 is 10.3. The largest absolute Gasteiger partial charge is 0.493 e. The number of rotatable bonds is 2. The van der Waals surface area contributed by atoms with Gasteiger partial charge < -0.3 is 20.2 Å². The molecule has 0 amide bonds. The Kier molecular flexibility index (Phi) is 3.41. The van der Waals surface area contributed by atoms with E-state index in [1.54, 1.807) is 26.4 Å². The number of nitrogens with one attached hydrogen (secondary N) is 1. The average Bonchev–Trinajstić information content (AvgIpc) is 2.54. The number of fused-ring (bicyclic) bond motifs is 1. The summed E-state index contributed by atoms with van der Waals surface area (Å²) in [5.41, 5.74) is 7.12. The summed E-state index contributed by atoms with van der Waals surface area (Å²) in [5, 5.41) is 0. The first kappa shape index (κ1) is 11.6. The van der Waals surface area contributed by atoms with Crippen LogP contribution in [0, 0.1) is 0 Å². The maximum Gasteiger partial charge on any atom is 0.198 e. The number of benzene rings is 1. The molecule has 2 rings (SSSR count). The number of aromatic amines is 1. The average molecular weight is 274 g/mol. The summed E-state index contributed by atoms with van der Waals surface area (Å²) in [6, 6.07) is 3.58. The van der Waals surface area contributed by atoms with E-state index in [9.17, 15) is 0 Å². The molecule has 0 saturated heterocycles. The van der Waals surface area contributed by atoms with Crippen LogP contribution in [-0.2, 0) is 0 Å². The lowest BCUT2D eigenvalue weighted by Gasteiger charge is -2.05. The van der Waals surface area contributed by atoms with Gasteiger partial charge in [0, 0.05) is 12.1 Å². The molecular formula is C9H12BrN3O2. The fourth-order valence-corrected chi connectivity index (χ4v) is 1.36. The van der Waals surface area contributed by atoms with Gasteiger partial charge >= 0.3 is 0 Å². The highest BCUT2D eigenvalue weighted by atomic mass is 79.9. The predicted octanol–water partition coefficient (Wildman–Crippen LogP) is 1.74. The molecule has 2 aromatic rings. The van der Waals surface area contributed by atoms with Crippen LogP contribution in [0.2, 0.25) is 0 Å². The number of nitrogens with two attached hydrogens (primary N) is 1. The van der Waals surface area contributed by atoms with Crippen molar-refractivity contribution in [1.29, 1.82) is 0 Å². The van der Waals surface area contributed by atoms with Gasteiger partial charge in [0.2, 0.25) is 0 Å². The van der Waals surface area contributed by atoms with Crippen molar-refractivity contribution in [1.82, 2.24) is 9.97 Å². The van der Waals surface area contributed by atoms with Gasteiger partial charge in [-0.1, -0.05) is 0 Å². The molecule has 6 heteroatoms. The zero-order valence-corrected chi connectivity index (χ0v) is 10.1. The van der Waals surface area contributed by atoms with Gasteiger partial charge in [-0.15, -0.1) is 17.0 Å². The SMILES string of the molecule is Br.COc1cc2nc(N)[nH]c2cc1OC. The topological polar surface area (TPSA) is 73.2 Å². The summed E-state index contributed by atoms with van der Waals surface area (Å²) in [6.07, 6.45) is 0. The molecule has 0 atom stereocenters. The second-order valence-electron chi connectivity index (χ2n) is 2.85. The highest BCUT2D eigenvalue weighted by Gasteiger charge is 2.08. The van der Waals surface area contributed by atoms with E-state index in [-0.39, 0.29) is 17.0 Å². The fourth-order valence-electron chi connectivity index (χ4n) is 1.36. The van der Waals surface area contributed by atoms with Gasteiger partial charge in [-0.25, -0.2) is 4.98 Å². The summed E-state index contributed by atoms with van der Waals surface area (Å²) in [5.74, 6) is 1.69. The Hall–Kier alpha value is -1.43. The Morgan fingerprint density at radius 2 is 1.80 bits per heavy atom. The minimum Gasteiger partial charge on any atom is -0.493 e. The molecule has 0 aliphatic heterocycles. The van der Waals surface area contributed by atoms with Crippen LogP contribution >= 0.6 is 17.0 Å². The van der Waals surface area contributed by atoms with E-state index in [1.807, 2.05) is 0 Å². The quantitative estimate of drug-likeness (QED) is 0.874. The smallest absolute Gasteiger partial charge is 0.198 e. The van der Waals surface area contributed by atoms with E-state index in [0.717, 1.165) is 11.0 Å². The van der Waals surface area contributed by atoms with Crippen LogP contribution in [-0.4, -0.2) is 24.2 Å². The number of aromatic nitrogens is 2. The molecule has 0 saturated carbocycles. The number of hydrogen-bond acceptors (Lipinski definition) is 4. The molecule has 0 unspecified atom stereocenters. The number of methoxy groups -OCH3 is 2. The molecule has 0 radical (unpaired) electrons. The molecule has 0 aliphatic carbocycles. The van der Waals surface area contributed by atoms with Crippen LogP contribution in [0.5, 0.6) is 11.5 Å². The molecule has 15 heavy (non-hydrogen) atoms. The zero-order chi connectivity index (χ0) is 10.1. The summed E-state index contributed by atoms with van der Waals surface area (Å²) in [6.45, 7) is 0. The van der Waals surface area contributed by atoms with Crippen LogP contribution in [0.4, 0.5) is 5.95 Å². The van der Waals surface area contributed by atoms with Crippen molar-refractivity contribution in [3.63, 3.8) is 0 Å². The molecule has 82 valence electrons. The number of H-pyrrole nitrogens is 1. The van der Waals surface area contributed by atoms with E-state index in [0.29, 0.717) is 17.4 Å². The lowest BCUT2D eigenvalue weighted by Crippen LogP contribution is -1.89. The Bertz CT molecular complexity index is 429. The third kappa shape index (κ3) is 1.99. The molecule has 0 aliphatic rings. The Morgan fingerprint density at radius 3 is 2.40 bits per heavy atom. The molecule has 5 nitrogen and oxygen atoms in total. The molecule has 1 aromatic carbocycles. The van der Waals surface area contributed by atoms with Crippen molar-refractivity contribution in [3.05, 3.63) is 12.1 Å². The number of halogens is 1. The van der Waals surface area contributed by atoms with Crippen LogP contribution in [0.1, 0.15) is 0 Å². The van der Waals surface area contributed by atoms with Crippen LogP contribution < -0.4 is 15.2 Å². The second-order valence-corrected chi connectivity index (χ2v) is 2.85. The fraction of sp³-hybridized carbons (Fsp3) is 0.222. The highest BCUT2D eigenvalue weighted by molar-refractivity contribution is 8.93. The monoisotopic (exact) mass is 273 g/mol. The minimum absolute atomic E-state index is 0. The predicted molar refractivity (Wildman–Crippen MR) is 63.9 cm³/mol. The number of imidazole rings is 1. The second kappa shape index (κ2) is 4.39. The number of anilines is 1. The van der Waals surface area contributed by atoms with Crippen molar-refractivity contribution in [2.75, 3.05) is 20.0 Å². The highest BCUT2D eigenvalue weighted by Crippen LogP contribution is 2.31. The lowest BCUT2D eigenvalue weighted by atomic mass is 10.3. The molecule has 0 fully saturated rings. The molecule has 1 heterocycles. The normalized spacial score (nSPS) is 9.73. The first-order chi connectivity index (χ1) is 6.74. The van der Waals surface area contributed by atoms with Gasteiger partial charge in [0.25, 0.3) is 0 Å². The van der Waals surface area contributed by atoms with Crippen LogP contribution in [0.25, 0.3) is 11.0 Å². The minimum atomic E-state index is 0. The van der Waals surface area contributed by atoms with Gasteiger partial charge in [0.15, 0.2) is 17.4 Å². The van der Waals surface area contributed by atoms with Crippen molar-refractivity contribution in [2.45, 2.75) is 0 Å². The van der Waals surface area contributed by atoms with E-state index in [2.05, 4.69) is 9.97 Å². The number of nitrogens with zero attached hydrogens (tertiary/aromatic N) is 1. The molecule has 0 bridgehead atoms. The van der Waals surface area contributed by atoms with Gasteiger partial charge in [-0.05, 0) is 0 Å². The van der Waals surface area contributed by atoms with E-state index in [1.165, 1.54) is 0 Å². The van der Waals surface area contributed by atoms with Crippen molar-refractivity contribution in [2.24, 2.45) is 0 Å². The lowest BCUT2D eigenvalue weighted by molar-refractivity contribution is 0.356. The Morgan fingerprint density at radius 1 is 1.20 bits per heavy atom. The van der Waals surface area contributed by atoms with Gasteiger partial charge in [0.05, 0.1) is 25.3 Å². The summed E-state index contributed by atoms with van der Waals surface area (Å²) in [4.78, 5) is 7.00.